The van der Waals surface area contributed by atoms with Gasteiger partial charge in [0.15, 0.2) is 0 Å². The fourth-order valence-electron chi connectivity index (χ4n) is 2.87. The largest absolute Gasteiger partial charge is 0.468 e. The second kappa shape index (κ2) is 7.13. The number of methoxy groups -OCH3 is 1. The monoisotopic (exact) mass is 255 g/mol. The van der Waals surface area contributed by atoms with E-state index in [2.05, 4.69) is 26.1 Å². The van der Waals surface area contributed by atoms with Crippen LogP contribution in [0.4, 0.5) is 0 Å². The number of ether oxygens (including phenoxy) is 1. The first-order valence-corrected chi connectivity index (χ1v) is 7.37. The van der Waals surface area contributed by atoms with Crippen LogP contribution in [0.15, 0.2) is 0 Å². The van der Waals surface area contributed by atoms with E-state index in [-0.39, 0.29) is 5.97 Å². The molecule has 0 aromatic rings. The predicted octanol–water partition coefficient (Wildman–Crippen LogP) is 3.13. The van der Waals surface area contributed by atoms with Crippen molar-refractivity contribution in [2.24, 2.45) is 11.8 Å². The number of hydrogen-bond acceptors (Lipinski definition) is 3. The van der Waals surface area contributed by atoms with Gasteiger partial charge in [0.25, 0.3) is 0 Å². The van der Waals surface area contributed by atoms with E-state index < -0.39 is 5.54 Å². The van der Waals surface area contributed by atoms with Crippen LogP contribution in [0, 0.1) is 11.8 Å². The molecule has 1 rings (SSSR count). The molecular weight excluding hydrogens is 226 g/mol. The molecule has 2 atom stereocenters. The third-order valence-corrected chi connectivity index (χ3v) is 4.20. The molecule has 0 aromatic heterocycles. The molecule has 0 radical (unpaired) electrons. The Bertz CT molecular complexity index is 265. The van der Waals surface area contributed by atoms with Gasteiger partial charge in [-0.3, -0.25) is 4.79 Å². The number of hydrogen-bond donors (Lipinski definition) is 1. The van der Waals surface area contributed by atoms with Gasteiger partial charge in [-0.15, -0.1) is 0 Å². The Balaban J connectivity index is 2.73. The van der Waals surface area contributed by atoms with Crippen molar-refractivity contribution in [1.82, 2.24) is 5.32 Å². The van der Waals surface area contributed by atoms with Crippen LogP contribution < -0.4 is 5.32 Å². The van der Waals surface area contributed by atoms with Crippen LogP contribution in [0.5, 0.6) is 0 Å². The summed E-state index contributed by atoms with van der Waals surface area (Å²) in [5, 5.41) is 3.50. The van der Waals surface area contributed by atoms with Crippen LogP contribution in [0.25, 0.3) is 0 Å². The molecule has 0 bridgehead atoms. The maximum atomic E-state index is 12.2. The Morgan fingerprint density at radius 2 is 2.11 bits per heavy atom. The fourth-order valence-corrected chi connectivity index (χ4v) is 2.87. The van der Waals surface area contributed by atoms with Crippen molar-refractivity contribution in [2.75, 3.05) is 13.7 Å². The SMILES string of the molecule is CCC1CCCC(NCC(C)C)(C(=O)OC)CC1. The van der Waals surface area contributed by atoms with E-state index in [0.717, 1.165) is 38.1 Å². The average molecular weight is 255 g/mol. The molecule has 18 heavy (non-hydrogen) atoms. The van der Waals surface area contributed by atoms with Gasteiger partial charge >= 0.3 is 5.97 Å². The maximum absolute atomic E-state index is 12.2. The highest BCUT2D eigenvalue weighted by molar-refractivity contribution is 5.80. The minimum Gasteiger partial charge on any atom is -0.468 e. The van der Waals surface area contributed by atoms with Crippen LogP contribution in [0.2, 0.25) is 0 Å². The Morgan fingerprint density at radius 3 is 2.67 bits per heavy atom. The predicted molar refractivity (Wildman–Crippen MR) is 74.5 cm³/mol. The molecule has 3 nitrogen and oxygen atoms in total. The van der Waals surface area contributed by atoms with Gasteiger partial charge in [0.2, 0.25) is 0 Å². The summed E-state index contributed by atoms with van der Waals surface area (Å²) in [6, 6.07) is 0. The van der Waals surface area contributed by atoms with Gasteiger partial charge in [-0.25, -0.2) is 0 Å². The second-order valence-electron chi connectivity index (χ2n) is 6.05. The van der Waals surface area contributed by atoms with E-state index in [1.54, 1.807) is 0 Å². The van der Waals surface area contributed by atoms with E-state index in [1.165, 1.54) is 20.0 Å². The quantitative estimate of drug-likeness (QED) is 0.606. The van der Waals surface area contributed by atoms with Gasteiger partial charge in [0.05, 0.1) is 7.11 Å². The Morgan fingerprint density at radius 1 is 1.39 bits per heavy atom. The van der Waals surface area contributed by atoms with Crippen molar-refractivity contribution >= 4 is 5.97 Å². The summed E-state index contributed by atoms with van der Waals surface area (Å²) in [5.74, 6) is 1.26. The molecule has 0 heterocycles. The Labute approximate surface area is 112 Å². The highest BCUT2D eigenvalue weighted by Gasteiger charge is 2.40. The van der Waals surface area contributed by atoms with Crippen LogP contribution in [0.3, 0.4) is 0 Å². The van der Waals surface area contributed by atoms with Crippen LogP contribution in [-0.2, 0) is 9.53 Å². The summed E-state index contributed by atoms with van der Waals surface area (Å²) < 4.78 is 5.05. The highest BCUT2D eigenvalue weighted by Crippen LogP contribution is 2.33. The summed E-state index contributed by atoms with van der Waals surface area (Å²) in [7, 11) is 1.50. The van der Waals surface area contributed by atoms with E-state index >= 15 is 0 Å². The smallest absolute Gasteiger partial charge is 0.326 e. The Kier molecular flexibility index (Phi) is 6.13. The third kappa shape index (κ3) is 3.98. The second-order valence-corrected chi connectivity index (χ2v) is 6.05. The first-order valence-electron chi connectivity index (χ1n) is 7.37. The topological polar surface area (TPSA) is 38.3 Å². The zero-order valence-electron chi connectivity index (χ0n) is 12.4. The van der Waals surface area contributed by atoms with Crippen molar-refractivity contribution in [3.63, 3.8) is 0 Å². The van der Waals surface area contributed by atoms with Crippen molar-refractivity contribution in [1.29, 1.82) is 0 Å². The summed E-state index contributed by atoms with van der Waals surface area (Å²) in [6.07, 6.45) is 6.57. The van der Waals surface area contributed by atoms with E-state index in [0.29, 0.717) is 5.92 Å². The normalized spacial score (nSPS) is 29.1. The van der Waals surface area contributed by atoms with Gasteiger partial charge in [0, 0.05) is 0 Å². The molecule has 1 N–H and O–H groups in total. The standard InChI is InChI=1S/C15H29NO2/c1-5-13-7-6-9-15(10-8-13,14(17)18-4)16-11-12(2)3/h12-13,16H,5-11H2,1-4H3. The number of rotatable bonds is 5. The average Bonchev–Trinajstić information content (AvgIpc) is 2.58. The summed E-state index contributed by atoms with van der Waals surface area (Å²) in [4.78, 5) is 12.2. The lowest BCUT2D eigenvalue weighted by atomic mass is 9.88. The minimum absolute atomic E-state index is 0.0695. The lowest BCUT2D eigenvalue weighted by Gasteiger charge is -2.32. The maximum Gasteiger partial charge on any atom is 0.326 e. The molecule has 1 aliphatic rings. The van der Waals surface area contributed by atoms with Crippen LogP contribution >= 0.6 is 0 Å². The number of nitrogens with one attached hydrogen (secondary N) is 1. The van der Waals surface area contributed by atoms with E-state index in [1.807, 2.05) is 0 Å². The van der Waals surface area contributed by atoms with Crippen molar-refractivity contribution in [3.05, 3.63) is 0 Å². The van der Waals surface area contributed by atoms with Gasteiger partial charge in [-0.2, -0.15) is 0 Å². The lowest BCUT2D eigenvalue weighted by Crippen LogP contribution is -2.53. The number of carbonyl (C=O) groups is 1. The first kappa shape index (κ1) is 15.5. The van der Waals surface area contributed by atoms with Crippen LogP contribution in [-0.4, -0.2) is 25.2 Å². The molecule has 0 amide bonds. The molecule has 2 unspecified atom stereocenters. The molecule has 0 spiro atoms. The third-order valence-electron chi connectivity index (χ3n) is 4.20. The van der Waals surface area contributed by atoms with Gasteiger partial charge < -0.3 is 10.1 Å². The molecule has 3 heteroatoms. The Hall–Kier alpha value is -0.570. The van der Waals surface area contributed by atoms with Crippen molar-refractivity contribution in [3.8, 4) is 0 Å². The van der Waals surface area contributed by atoms with Crippen molar-refractivity contribution < 1.29 is 9.53 Å². The molecule has 0 aliphatic heterocycles. The lowest BCUT2D eigenvalue weighted by molar-refractivity contribution is -0.149. The zero-order valence-corrected chi connectivity index (χ0v) is 12.4. The summed E-state index contributed by atoms with van der Waals surface area (Å²) in [5.41, 5.74) is -0.428. The molecule has 0 aromatic carbocycles. The fraction of sp³-hybridized carbons (Fsp3) is 0.933. The van der Waals surface area contributed by atoms with Gasteiger partial charge in [-0.05, 0) is 37.6 Å². The highest BCUT2D eigenvalue weighted by atomic mass is 16.5. The molecule has 0 saturated heterocycles. The number of esters is 1. The molecule has 1 fully saturated rings. The van der Waals surface area contributed by atoms with Gasteiger partial charge in [-0.1, -0.05) is 40.0 Å². The zero-order chi connectivity index (χ0) is 13.6. The summed E-state index contributed by atoms with van der Waals surface area (Å²) in [6.45, 7) is 7.47. The van der Waals surface area contributed by atoms with E-state index in [9.17, 15) is 4.79 Å². The number of carbonyl (C=O) groups excluding carboxylic acids is 1. The van der Waals surface area contributed by atoms with Gasteiger partial charge in [0.1, 0.15) is 5.54 Å². The van der Waals surface area contributed by atoms with Crippen LogP contribution in [0.1, 0.15) is 59.3 Å². The molecular formula is C15H29NO2. The molecule has 106 valence electrons. The van der Waals surface area contributed by atoms with E-state index in [4.69, 9.17) is 4.74 Å². The summed E-state index contributed by atoms with van der Waals surface area (Å²) >= 11 is 0. The first-order chi connectivity index (χ1) is 8.54. The van der Waals surface area contributed by atoms with Crippen molar-refractivity contribution in [2.45, 2.75) is 64.8 Å². The molecule has 1 aliphatic carbocycles. The molecule has 1 saturated carbocycles. The minimum atomic E-state index is -0.428.